The van der Waals surface area contributed by atoms with Gasteiger partial charge in [0.15, 0.2) is 0 Å². The van der Waals surface area contributed by atoms with Gasteiger partial charge in [0, 0.05) is 17.6 Å². The number of rotatable bonds is 6. The molecule has 0 aromatic carbocycles. The van der Waals surface area contributed by atoms with Gasteiger partial charge in [-0.15, -0.1) is 11.3 Å². The third kappa shape index (κ3) is 4.22. The molecule has 1 aliphatic rings. The van der Waals surface area contributed by atoms with Gasteiger partial charge < -0.3 is 5.32 Å². The first-order valence-corrected chi connectivity index (χ1v) is 7.41. The standard InChI is InChI=1S/C13H22N2S/c1-2-5-12(6-3-1)7-4-8-14-9-13-10-15-11-16-13/h10-12,14H,1-9H2. The molecule has 0 spiro atoms. The average molecular weight is 238 g/mol. The highest BCUT2D eigenvalue weighted by Gasteiger charge is 2.12. The lowest BCUT2D eigenvalue weighted by molar-refractivity contribution is 0.330. The molecule has 1 fully saturated rings. The SMILES string of the molecule is c1ncc(CNCCCC2CCCCC2)s1. The number of thiazole rings is 1. The Kier molecular flexibility index (Phi) is 5.29. The highest BCUT2D eigenvalue weighted by atomic mass is 32.1. The second kappa shape index (κ2) is 7.02. The first-order chi connectivity index (χ1) is 7.95. The summed E-state index contributed by atoms with van der Waals surface area (Å²) in [5, 5.41) is 3.50. The number of hydrogen-bond donors (Lipinski definition) is 1. The van der Waals surface area contributed by atoms with Crippen molar-refractivity contribution < 1.29 is 0 Å². The summed E-state index contributed by atoms with van der Waals surface area (Å²) in [5.74, 6) is 1.03. The van der Waals surface area contributed by atoms with Gasteiger partial charge in [-0.05, 0) is 25.3 Å². The zero-order valence-electron chi connectivity index (χ0n) is 9.95. The Morgan fingerprint density at radius 3 is 2.94 bits per heavy atom. The summed E-state index contributed by atoms with van der Waals surface area (Å²) in [7, 11) is 0. The topological polar surface area (TPSA) is 24.9 Å². The van der Waals surface area contributed by atoms with Crippen LogP contribution >= 0.6 is 11.3 Å². The quantitative estimate of drug-likeness (QED) is 0.766. The second-order valence-electron chi connectivity index (χ2n) is 4.79. The normalized spacial score (nSPS) is 17.8. The van der Waals surface area contributed by atoms with Crippen molar-refractivity contribution in [2.45, 2.75) is 51.5 Å². The predicted molar refractivity (Wildman–Crippen MR) is 69.6 cm³/mol. The molecular weight excluding hydrogens is 216 g/mol. The maximum atomic E-state index is 4.07. The van der Waals surface area contributed by atoms with Crippen LogP contribution in [-0.4, -0.2) is 11.5 Å². The van der Waals surface area contributed by atoms with Crippen LogP contribution in [0, 0.1) is 5.92 Å². The predicted octanol–water partition coefficient (Wildman–Crippen LogP) is 3.59. The van der Waals surface area contributed by atoms with Crippen molar-refractivity contribution in [3.8, 4) is 0 Å². The number of aromatic nitrogens is 1. The Morgan fingerprint density at radius 2 is 2.19 bits per heavy atom. The molecule has 16 heavy (non-hydrogen) atoms. The Morgan fingerprint density at radius 1 is 1.31 bits per heavy atom. The van der Waals surface area contributed by atoms with Gasteiger partial charge in [0.1, 0.15) is 0 Å². The van der Waals surface area contributed by atoms with E-state index in [0.29, 0.717) is 0 Å². The molecule has 2 nitrogen and oxygen atoms in total. The maximum Gasteiger partial charge on any atom is 0.0794 e. The lowest BCUT2D eigenvalue weighted by Gasteiger charge is -2.21. The van der Waals surface area contributed by atoms with Gasteiger partial charge in [0.2, 0.25) is 0 Å². The summed E-state index contributed by atoms with van der Waals surface area (Å²) >= 11 is 1.74. The molecule has 1 heterocycles. The minimum absolute atomic E-state index is 0.995. The third-order valence-corrected chi connectivity index (χ3v) is 4.25. The highest BCUT2D eigenvalue weighted by molar-refractivity contribution is 7.09. The van der Waals surface area contributed by atoms with Crippen LogP contribution in [0.4, 0.5) is 0 Å². The second-order valence-corrected chi connectivity index (χ2v) is 5.76. The summed E-state index contributed by atoms with van der Waals surface area (Å²) < 4.78 is 0. The van der Waals surface area contributed by atoms with Crippen LogP contribution in [0.5, 0.6) is 0 Å². The largest absolute Gasteiger partial charge is 0.312 e. The summed E-state index contributed by atoms with van der Waals surface area (Å²) in [4.78, 5) is 5.42. The highest BCUT2D eigenvalue weighted by Crippen LogP contribution is 2.26. The van der Waals surface area contributed by atoms with E-state index in [-0.39, 0.29) is 0 Å². The molecule has 1 saturated carbocycles. The van der Waals surface area contributed by atoms with Gasteiger partial charge in [-0.1, -0.05) is 32.1 Å². The van der Waals surface area contributed by atoms with Crippen molar-refractivity contribution in [1.29, 1.82) is 0 Å². The van der Waals surface area contributed by atoms with Gasteiger partial charge in [0.25, 0.3) is 0 Å². The van der Waals surface area contributed by atoms with Crippen molar-refractivity contribution in [2.24, 2.45) is 5.92 Å². The lowest BCUT2D eigenvalue weighted by atomic mass is 9.86. The fourth-order valence-electron chi connectivity index (χ4n) is 2.53. The van der Waals surface area contributed by atoms with E-state index >= 15 is 0 Å². The van der Waals surface area contributed by atoms with E-state index in [1.807, 2.05) is 11.7 Å². The van der Waals surface area contributed by atoms with Gasteiger partial charge >= 0.3 is 0 Å². The molecule has 1 aromatic heterocycles. The summed E-state index contributed by atoms with van der Waals surface area (Å²) in [6.07, 6.45) is 12.1. The fourth-order valence-corrected chi connectivity index (χ4v) is 3.10. The molecule has 0 atom stereocenters. The number of hydrogen-bond acceptors (Lipinski definition) is 3. The van der Waals surface area contributed by atoms with E-state index in [9.17, 15) is 0 Å². The molecule has 0 radical (unpaired) electrons. The van der Waals surface area contributed by atoms with Crippen LogP contribution in [0.2, 0.25) is 0 Å². The van der Waals surface area contributed by atoms with Crippen LogP contribution in [0.15, 0.2) is 11.7 Å². The van der Waals surface area contributed by atoms with Crippen LogP contribution in [-0.2, 0) is 6.54 Å². The Balaban J connectivity index is 1.48. The van der Waals surface area contributed by atoms with Gasteiger partial charge in [0.05, 0.1) is 5.51 Å². The van der Waals surface area contributed by atoms with E-state index in [2.05, 4.69) is 10.3 Å². The van der Waals surface area contributed by atoms with Crippen molar-refractivity contribution >= 4 is 11.3 Å². The van der Waals surface area contributed by atoms with E-state index in [1.54, 1.807) is 11.3 Å². The molecule has 1 aliphatic carbocycles. The Bertz CT molecular complexity index is 265. The van der Waals surface area contributed by atoms with Gasteiger partial charge in [-0.3, -0.25) is 4.98 Å². The van der Waals surface area contributed by atoms with Gasteiger partial charge in [-0.2, -0.15) is 0 Å². The first kappa shape index (κ1) is 12.1. The van der Waals surface area contributed by atoms with Crippen molar-refractivity contribution in [2.75, 3.05) is 6.54 Å². The van der Waals surface area contributed by atoms with E-state index in [4.69, 9.17) is 0 Å². The van der Waals surface area contributed by atoms with E-state index in [1.165, 1.54) is 49.8 Å². The zero-order chi connectivity index (χ0) is 11.1. The molecule has 0 saturated heterocycles. The molecule has 90 valence electrons. The summed E-state index contributed by atoms with van der Waals surface area (Å²) in [6, 6.07) is 0. The minimum Gasteiger partial charge on any atom is -0.312 e. The van der Waals surface area contributed by atoms with Crippen molar-refractivity contribution in [1.82, 2.24) is 10.3 Å². The van der Waals surface area contributed by atoms with Crippen molar-refractivity contribution in [3.05, 3.63) is 16.6 Å². The summed E-state index contributed by atoms with van der Waals surface area (Å²) in [5.41, 5.74) is 1.90. The average Bonchev–Trinajstić information content (AvgIpc) is 2.83. The molecule has 3 heteroatoms. The minimum atomic E-state index is 0.995. The Labute approximate surface area is 102 Å². The molecule has 1 N–H and O–H groups in total. The lowest BCUT2D eigenvalue weighted by Crippen LogP contribution is -2.15. The monoisotopic (exact) mass is 238 g/mol. The summed E-state index contributed by atoms with van der Waals surface area (Å²) in [6.45, 7) is 2.16. The zero-order valence-corrected chi connectivity index (χ0v) is 10.8. The third-order valence-electron chi connectivity index (χ3n) is 3.47. The molecule has 0 unspecified atom stereocenters. The molecule has 2 rings (SSSR count). The number of nitrogens with one attached hydrogen (secondary N) is 1. The molecule has 0 amide bonds. The molecule has 0 aliphatic heterocycles. The van der Waals surface area contributed by atoms with Crippen LogP contribution in [0.1, 0.15) is 49.8 Å². The van der Waals surface area contributed by atoms with Crippen molar-refractivity contribution in [3.63, 3.8) is 0 Å². The van der Waals surface area contributed by atoms with Crippen LogP contribution in [0.25, 0.3) is 0 Å². The Hall–Kier alpha value is -0.410. The van der Waals surface area contributed by atoms with E-state index in [0.717, 1.165) is 19.0 Å². The molecular formula is C13H22N2S. The van der Waals surface area contributed by atoms with Crippen LogP contribution in [0.3, 0.4) is 0 Å². The maximum absolute atomic E-state index is 4.07. The van der Waals surface area contributed by atoms with Gasteiger partial charge in [-0.25, -0.2) is 0 Å². The van der Waals surface area contributed by atoms with E-state index < -0.39 is 0 Å². The smallest absolute Gasteiger partial charge is 0.0794 e. The first-order valence-electron chi connectivity index (χ1n) is 6.53. The molecule has 1 aromatic rings. The fraction of sp³-hybridized carbons (Fsp3) is 0.769. The molecule has 0 bridgehead atoms. The number of nitrogens with zero attached hydrogens (tertiary/aromatic N) is 1. The van der Waals surface area contributed by atoms with Crippen LogP contribution < -0.4 is 5.32 Å².